The van der Waals surface area contributed by atoms with Crippen LogP contribution in [0.4, 0.5) is 17.1 Å². The van der Waals surface area contributed by atoms with E-state index in [1.54, 1.807) is 0 Å². The number of rotatable bonds is 6. The Balaban J connectivity index is 1.02. The first-order valence-corrected chi connectivity index (χ1v) is 17.4. The highest BCUT2D eigenvalue weighted by atomic mass is 16.3. The van der Waals surface area contributed by atoms with Gasteiger partial charge in [0.15, 0.2) is 5.58 Å². The standard InChI is InChI=1S/C48H32N2O/c1-3-11-33(12-4-1)34-19-25-38(26-20-34)49(37-13-5-2-6-14-37)39-27-21-35(22-28-39)36-23-29-40(30-24-36)50-45-17-9-7-15-41(45)43-31-32-44-42-16-8-10-18-46(42)51-48(44)47(43)50/h1-32H. The van der Waals surface area contributed by atoms with E-state index in [-0.39, 0.29) is 0 Å². The first-order valence-electron chi connectivity index (χ1n) is 17.4. The Kier molecular flexibility index (Phi) is 6.81. The molecule has 0 amide bonds. The molecule has 0 atom stereocenters. The molecule has 0 saturated heterocycles. The van der Waals surface area contributed by atoms with Crippen molar-refractivity contribution >= 4 is 60.8 Å². The first kappa shape index (κ1) is 29.1. The van der Waals surface area contributed by atoms with Crippen LogP contribution in [-0.4, -0.2) is 4.57 Å². The molecule has 0 aliphatic rings. The second kappa shape index (κ2) is 11.9. The molecule has 51 heavy (non-hydrogen) atoms. The molecule has 0 N–H and O–H groups in total. The summed E-state index contributed by atoms with van der Waals surface area (Å²) in [5, 5.41) is 4.68. The van der Waals surface area contributed by atoms with Crippen LogP contribution in [-0.2, 0) is 0 Å². The average molecular weight is 653 g/mol. The van der Waals surface area contributed by atoms with Crippen LogP contribution in [0.2, 0.25) is 0 Å². The summed E-state index contributed by atoms with van der Waals surface area (Å²) in [6.45, 7) is 0. The first-order chi connectivity index (χ1) is 25.3. The predicted molar refractivity (Wildman–Crippen MR) is 214 cm³/mol. The van der Waals surface area contributed by atoms with E-state index < -0.39 is 0 Å². The molecule has 0 unspecified atom stereocenters. The number of nitrogens with zero attached hydrogens (tertiary/aromatic N) is 2. The molecule has 3 nitrogen and oxygen atoms in total. The van der Waals surface area contributed by atoms with Gasteiger partial charge in [0.1, 0.15) is 5.58 Å². The largest absolute Gasteiger partial charge is 0.454 e. The van der Waals surface area contributed by atoms with Gasteiger partial charge in [-0.3, -0.25) is 0 Å². The third-order valence-electron chi connectivity index (χ3n) is 10.0. The van der Waals surface area contributed by atoms with Gasteiger partial charge in [-0.15, -0.1) is 0 Å². The fraction of sp³-hybridized carbons (Fsp3) is 0. The highest BCUT2D eigenvalue weighted by Gasteiger charge is 2.19. The number of hydrogen-bond acceptors (Lipinski definition) is 2. The van der Waals surface area contributed by atoms with E-state index in [0.717, 1.165) is 55.7 Å². The minimum absolute atomic E-state index is 0.908. The second-order valence-electron chi connectivity index (χ2n) is 13.0. The van der Waals surface area contributed by atoms with E-state index in [1.165, 1.54) is 33.0 Å². The summed E-state index contributed by atoms with van der Waals surface area (Å²) in [5.74, 6) is 0. The van der Waals surface area contributed by atoms with Crippen molar-refractivity contribution in [1.29, 1.82) is 0 Å². The fourth-order valence-electron chi connectivity index (χ4n) is 7.56. The summed E-state index contributed by atoms with van der Waals surface area (Å²) in [4.78, 5) is 2.31. The van der Waals surface area contributed by atoms with Crippen LogP contribution in [0.5, 0.6) is 0 Å². The van der Waals surface area contributed by atoms with Gasteiger partial charge in [0.05, 0.1) is 11.0 Å². The lowest BCUT2D eigenvalue weighted by Crippen LogP contribution is -2.09. The molecule has 240 valence electrons. The number of benzene rings is 8. The maximum atomic E-state index is 6.55. The molecule has 10 aromatic rings. The van der Waals surface area contributed by atoms with Crippen molar-refractivity contribution in [1.82, 2.24) is 4.57 Å². The van der Waals surface area contributed by atoms with E-state index in [9.17, 15) is 0 Å². The van der Waals surface area contributed by atoms with Gasteiger partial charge < -0.3 is 13.9 Å². The Labute approximate surface area is 295 Å². The predicted octanol–water partition coefficient (Wildman–Crippen LogP) is 13.5. The zero-order valence-corrected chi connectivity index (χ0v) is 27.8. The third-order valence-corrected chi connectivity index (χ3v) is 10.0. The highest BCUT2D eigenvalue weighted by Crippen LogP contribution is 2.41. The lowest BCUT2D eigenvalue weighted by Gasteiger charge is -2.26. The number of furan rings is 1. The molecule has 2 heterocycles. The van der Waals surface area contributed by atoms with E-state index in [0.29, 0.717) is 0 Å². The third kappa shape index (κ3) is 4.90. The second-order valence-corrected chi connectivity index (χ2v) is 13.0. The number of para-hydroxylation sites is 3. The Hall–Kier alpha value is -6.84. The van der Waals surface area contributed by atoms with Crippen LogP contribution >= 0.6 is 0 Å². The molecular weight excluding hydrogens is 621 g/mol. The van der Waals surface area contributed by atoms with Crippen molar-refractivity contribution in [3.05, 3.63) is 194 Å². The van der Waals surface area contributed by atoms with Crippen LogP contribution in [0, 0.1) is 0 Å². The van der Waals surface area contributed by atoms with E-state index in [1.807, 2.05) is 6.07 Å². The summed E-state index contributed by atoms with van der Waals surface area (Å²) in [7, 11) is 0. The molecular formula is C48H32N2O. The van der Waals surface area contributed by atoms with Gasteiger partial charge in [0.25, 0.3) is 0 Å². The smallest absolute Gasteiger partial charge is 0.160 e. The van der Waals surface area contributed by atoms with Crippen LogP contribution in [0.3, 0.4) is 0 Å². The summed E-state index contributed by atoms with van der Waals surface area (Å²) >= 11 is 0. The Morgan fingerprint density at radius 2 is 0.843 bits per heavy atom. The van der Waals surface area contributed by atoms with Crippen molar-refractivity contribution < 1.29 is 4.42 Å². The molecule has 0 aliphatic carbocycles. The average Bonchev–Trinajstić information content (AvgIpc) is 3.76. The molecule has 0 bridgehead atoms. The molecule has 3 heteroatoms. The van der Waals surface area contributed by atoms with E-state index in [2.05, 4.69) is 198 Å². The van der Waals surface area contributed by atoms with Gasteiger partial charge >= 0.3 is 0 Å². The maximum Gasteiger partial charge on any atom is 0.160 e. The number of aromatic nitrogens is 1. The lowest BCUT2D eigenvalue weighted by atomic mass is 10.0. The van der Waals surface area contributed by atoms with Crippen LogP contribution in [0.1, 0.15) is 0 Å². The molecule has 0 spiro atoms. The highest BCUT2D eigenvalue weighted by molar-refractivity contribution is 6.21. The van der Waals surface area contributed by atoms with E-state index in [4.69, 9.17) is 4.42 Å². The van der Waals surface area contributed by atoms with Crippen molar-refractivity contribution in [2.75, 3.05) is 4.90 Å². The van der Waals surface area contributed by atoms with Gasteiger partial charge in [-0.25, -0.2) is 0 Å². The molecule has 0 radical (unpaired) electrons. The Bertz CT molecular complexity index is 2810. The Morgan fingerprint density at radius 3 is 1.51 bits per heavy atom. The topological polar surface area (TPSA) is 21.3 Å². The summed E-state index contributed by atoms with van der Waals surface area (Å²) in [6, 6.07) is 69.0. The quantitative estimate of drug-likeness (QED) is 0.178. The van der Waals surface area contributed by atoms with Crippen LogP contribution in [0.15, 0.2) is 199 Å². The van der Waals surface area contributed by atoms with Crippen molar-refractivity contribution in [2.45, 2.75) is 0 Å². The summed E-state index contributed by atoms with van der Waals surface area (Å²) in [6.07, 6.45) is 0. The van der Waals surface area contributed by atoms with Gasteiger partial charge in [-0.1, -0.05) is 127 Å². The molecule has 8 aromatic carbocycles. The molecule has 0 aliphatic heterocycles. The minimum atomic E-state index is 0.908. The monoisotopic (exact) mass is 652 g/mol. The Morgan fingerprint density at radius 1 is 0.353 bits per heavy atom. The summed E-state index contributed by atoms with van der Waals surface area (Å²) in [5.41, 5.74) is 13.3. The fourth-order valence-corrected chi connectivity index (χ4v) is 7.56. The summed E-state index contributed by atoms with van der Waals surface area (Å²) < 4.78 is 8.90. The van der Waals surface area contributed by atoms with Crippen LogP contribution in [0.25, 0.3) is 71.7 Å². The number of anilines is 3. The number of fused-ring (bicyclic) bond motifs is 7. The molecule has 0 saturated carbocycles. The minimum Gasteiger partial charge on any atom is -0.454 e. The van der Waals surface area contributed by atoms with Gasteiger partial charge in [-0.05, 0) is 89.0 Å². The van der Waals surface area contributed by atoms with Gasteiger partial charge in [0.2, 0.25) is 0 Å². The zero-order valence-electron chi connectivity index (χ0n) is 27.8. The molecule has 10 rings (SSSR count). The zero-order chi connectivity index (χ0) is 33.7. The molecule has 0 fully saturated rings. The maximum absolute atomic E-state index is 6.55. The van der Waals surface area contributed by atoms with Crippen molar-refractivity contribution in [3.63, 3.8) is 0 Å². The van der Waals surface area contributed by atoms with Crippen molar-refractivity contribution in [3.8, 4) is 27.9 Å². The normalized spacial score (nSPS) is 11.5. The van der Waals surface area contributed by atoms with Gasteiger partial charge in [0, 0.05) is 44.3 Å². The number of hydrogen-bond donors (Lipinski definition) is 0. The lowest BCUT2D eigenvalue weighted by molar-refractivity contribution is 0.671. The van der Waals surface area contributed by atoms with E-state index >= 15 is 0 Å². The molecule has 2 aromatic heterocycles. The SMILES string of the molecule is c1ccc(-c2ccc(N(c3ccccc3)c3ccc(-c4ccc(-n5c6ccccc6c6ccc7c8ccccc8oc7c65)cc4)cc3)cc2)cc1. The van der Waals surface area contributed by atoms with Gasteiger partial charge in [-0.2, -0.15) is 0 Å². The van der Waals surface area contributed by atoms with Crippen molar-refractivity contribution in [2.24, 2.45) is 0 Å². The van der Waals surface area contributed by atoms with Crippen LogP contribution < -0.4 is 4.90 Å².